The summed E-state index contributed by atoms with van der Waals surface area (Å²) in [5.74, 6) is 0.369. The van der Waals surface area contributed by atoms with Crippen molar-refractivity contribution in [2.75, 3.05) is 0 Å². The molecule has 18 heavy (non-hydrogen) atoms. The van der Waals surface area contributed by atoms with Gasteiger partial charge in [-0.3, -0.25) is 4.79 Å². The van der Waals surface area contributed by atoms with Gasteiger partial charge in [0.25, 0.3) is 0 Å². The van der Waals surface area contributed by atoms with Crippen molar-refractivity contribution in [2.45, 2.75) is 19.4 Å². The molecular formula is C13H14FN3O. The van der Waals surface area contributed by atoms with E-state index < -0.39 is 0 Å². The van der Waals surface area contributed by atoms with Gasteiger partial charge in [-0.05, 0) is 24.1 Å². The molecule has 0 aliphatic rings. The van der Waals surface area contributed by atoms with Gasteiger partial charge in [0.2, 0.25) is 5.91 Å². The zero-order valence-corrected chi connectivity index (χ0v) is 9.82. The Balaban J connectivity index is 1.75. The normalized spacial score (nSPS) is 10.3. The van der Waals surface area contributed by atoms with E-state index in [1.807, 2.05) is 6.07 Å². The first-order valence-electron chi connectivity index (χ1n) is 5.73. The van der Waals surface area contributed by atoms with E-state index in [2.05, 4.69) is 15.3 Å². The summed E-state index contributed by atoms with van der Waals surface area (Å²) in [6.07, 6.45) is 4.20. The number of rotatable bonds is 5. The van der Waals surface area contributed by atoms with Crippen LogP contribution in [0.4, 0.5) is 4.39 Å². The number of amides is 1. The Hall–Kier alpha value is -2.17. The molecular weight excluding hydrogens is 233 g/mol. The lowest BCUT2D eigenvalue weighted by molar-refractivity contribution is -0.121. The number of aromatic amines is 1. The minimum Gasteiger partial charge on any atom is -0.349 e. The van der Waals surface area contributed by atoms with Crippen LogP contribution in [-0.2, 0) is 17.8 Å². The Kier molecular flexibility index (Phi) is 4.06. The molecule has 0 fully saturated rings. The molecule has 2 aromatic rings. The van der Waals surface area contributed by atoms with Crippen LogP contribution in [0.3, 0.4) is 0 Å². The Labute approximate surface area is 104 Å². The van der Waals surface area contributed by atoms with Crippen LogP contribution in [0.5, 0.6) is 0 Å². The lowest BCUT2D eigenvalue weighted by Crippen LogP contribution is -2.23. The van der Waals surface area contributed by atoms with Crippen LogP contribution in [0.1, 0.15) is 17.8 Å². The maximum atomic E-state index is 12.9. The zero-order chi connectivity index (χ0) is 12.8. The average molecular weight is 247 g/mol. The number of halogens is 1. The molecule has 0 unspecified atom stereocenters. The largest absolute Gasteiger partial charge is 0.349 e. The quantitative estimate of drug-likeness (QED) is 0.846. The van der Waals surface area contributed by atoms with Crippen molar-refractivity contribution in [3.05, 3.63) is 53.9 Å². The first-order valence-corrected chi connectivity index (χ1v) is 5.73. The molecule has 1 aromatic heterocycles. The summed E-state index contributed by atoms with van der Waals surface area (Å²) in [5, 5.41) is 2.74. The second-order valence-electron chi connectivity index (χ2n) is 3.94. The number of benzene rings is 1. The minimum atomic E-state index is -0.275. The molecule has 0 radical (unpaired) electrons. The summed E-state index contributed by atoms with van der Waals surface area (Å²) >= 11 is 0. The molecule has 0 saturated carbocycles. The maximum absolute atomic E-state index is 12.9. The number of imidazole rings is 1. The predicted octanol–water partition coefficient (Wildman–Crippen LogP) is 1.80. The average Bonchev–Trinajstić information content (AvgIpc) is 2.87. The highest BCUT2D eigenvalue weighted by Crippen LogP contribution is 2.06. The third-order valence-electron chi connectivity index (χ3n) is 2.54. The molecule has 0 aliphatic carbocycles. The van der Waals surface area contributed by atoms with E-state index in [4.69, 9.17) is 0 Å². The van der Waals surface area contributed by atoms with Gasteiger partial charge in [0.15, 0.2) is 0 Å². The molecule has 94 valence electrons. The summed E-state index contributed by atoms with van der Waals surface area (Å²) in [5.41, 5.74) is 0.822. The number of aromatic nitrogens is 2. The van der Waals surface area contributed by atoms with Gasteiger partial charge in [-0.15, -0.1) is 0 Å². The molecule has 0 saturated heterocycles. The topological polar surface area (TPSA) is 57.8 Å². The monoisotopic (exact) mass is 247 g/mol. The molecule has 0 atom stereocenters. The Bertz CT molecular complexity index is 511. The zero-order valence-electron chi connectivity index (χ0n) is 9.82. The van der Waals surface area contributed by atoms with Crippen molar-refractivity contribution < 1.29 is 9.18 Å². The van der Waals surface area contributed by atoms with Crippen molar-refractivity contribution >= 4 is 5.91 Å². The van der Waals surface area contributed by atoms with Gasteiger partial charge >= 0.3 is 0 Å². The van der Waals surface area contributed by atoms with Crippen molar-refractivity contribution in [3.63, 3.8) is 0 Å². The molecule has 2 N–H and O–H groups in total. The maximum Gasteiger partial charge on any atom is 0.220 e. The van der Waals surface area contributed by atoms with Crippen molar-refractivity contribution in [3.8, 4) is 0 Å². The fourth-order valence-electron chi connectivity index (χ4n) is 1.62. The molecule has 0 spiro atoms. The third-order valence-corrected chi connectivity index (χ3v) is 2.54. The number of carbonyl (C=O) groups is 1. The van der Waals surface area contributed by atoms with Crippen molar-refractivity contribution in [1.82, 2.24) is 15.3 Å². The van der Waals surface area contributed by atoms with Gasteiger partial charge in [-0.1, -0.05) is 12.1 Å². The Morgan fingerprint density at radius 3 is 3.06 bits per heavy atom. The Morgan fingerprint density at radius 1 is 1.44 bits per heavy atom. The van der Waals surface area contributed by atoms with Gasteiger partial charge in [-0.2, -0.15) is 0 Å². The number of aryl methyl sites for hydroxylation is 1. The number of hydrogen-bond acceptors (Lipinski definition) is 2. The Morgan fingerprint density at radius 2 is 2.33 bits per heavy atom. The van der Waals surface area contributed by atoms with Crippen LogP contribution in [0.2, 0.25) is 0 Å². The van der Waals surface area contributed by atoms with Crippen LogP contribution in [0.15, 0.2) is 36.7 Å². The number of nitrogens with one attached hydrogen (secondary N) is 2. The second-order valence-corrected chi connectivity index (χ2v) is 3.94. The molecule has 0 bridgehead atoms. The molecule has 1 heterocycles. The minimum absolute atomic E-state index is 0.0735. The van der Waals surface area contributed by atoms with Gasteiger partial charge < -0.3 is 10.3 Å². The number of hydrogen-bond donors (Lipinski definition) is 2. The van der Waals surface area contributed by atoms with Crippen LogP contribution >= 0.6 is 0 Å². The number of carbonyl (C=O) groups excluding carboxylic acids is 1. The smallest absolute Gasteiger partial charge is 0.220 e. The molecule has 2 rings (SSSR count). The summed E-state index contributed by atoms with van der Waals surface area (Å²) in [4.78, 5) is 18.4. The van der Waals surface area contributed by atoms with Gasteiger partial charge in [0.05, 0.1) is 6.54 Å². The SMILES string of the molecule is O=C(CCc1cccc(F)c1)NCc1ncc[nH]1. The van der Waals surface area contributed by atoms with E-state index in [-0.39, 0.29) is 11.7 Å². The van der Waals surface area contributed by atoms with Crippen LogP contribution in [0, 0.1) is 5.82 Å². The molecule has 0 aliphatic heterocycles. The van der Waals surface area contributed by atoms with E-state index in [9.17, 15) is 9.18 Å². The summed E-state index contributed by atoms with van der Waals surface area (Å²) in [6.45, 7) is 0.384. The summed E-state index contributed by atoms with van der Waals surface area (Å²) in [7, 11) is 0. The molecule has 1 amide bonds. The van der Waals surface area contributed by atoms with Crippen molar-refractivity contribution in [2.24, 2.45) is 0 Å². The van der Waals surface area contributed by atoms with Crippen LogP contribution < -0.4 is 5.32 Å². The number of nitrogens with zero attached hydrogens (tertiary/aromatic N) is 1. The lowest BCUT2D eigenvalue weighted by atomic mass is 10.1. The van der Waals surface area contributed by atoms with Gasteiger partial charge in [-0.25, -0.2) is 9.37 Å². The fourth-order valence-corrected chi connectivity index (χ4v) is 1.62. The predicted molar refractivity (Wildman–Crippen MR) is 65.2 cm³/mol. The van der Waals surface area contributed by atoms with E-state index in [0.717, 1.165) is 5.56 Å². The molecule has 4 nitrogen and oxygen atoms in total. The highest BCUT2D eigenvalue weighted by Gasteiger charge is 2.03. The van der Waals surface area contributed by atoms with E-state index in [1.54, 1.807) is 18.5 Å². The highest BCUT2D eigenvalue weighted by molar-refractivity contribution is 5.76. The second kappa shape index (κ2) is 5.95. The molecule has 1 aromatic carbocycles. The highest BCUT2D eigenvalue weighted by atomic mass is 19.1. The summed E-state index contributed by atoms with van der Waals surface area (Å²) in [6, 6.07) is 6.29. The first-order chi connectivity index (χ1) is 8.74. The number of H-pyrrole nitrogens is 1. The summed E-state index contributed by atoms with van der Waals surface area (Å²) < 4.78 is 12.9. The van der Waals surface area contributed by atoms with Crippen molar-refractivity contribution in [1.29, 1.82) is 0 Å². The lowest BCUT2D eigenvalue weighted by Gasteiger charge is -2.03. The van der Waals surface area contributed by atoms with Gasteiger partial charge in [0, 0.05) is 18.8 Å². The third kappa shape index (κ3) is 3.69. The van der Waals surface area contributed by atoms with E-state index in [1.165, 1.54) is 12.1 Å². The van der Waals surface area contributed by atoms with E-state index >= 15 is 0 Å². The van der Waals surface area contributed by atoms with Crippen LogP contribution in [-0.4, -0.2) is 15.9 Å². The van der Waals surface area contributed by atoms with E-state index in [0.29, 0.717) is 25.2 Å². The fraction of sp³-hybridized carbons (Fsp3) is 0.231. The van der Waals surface area contributed by atoms with Gasteiger partial charge in [0.1, 0.15) is 11.6 Å². The first kappa shape index (κ1) is 12.3. The standard InChI is InChI=1S/C13H14FN3O/c14-11-3-1-2-10(8-11)4-5-13(18)17-9-12-15-6-7-16-12/h1-3,6-8H,4-5,9H2,(H,15,16)(H,17,18). The van der Waals surface area contributed by atoms with Crippen LogP contribution in [0.25, 0.3) is 0 Å². The molecule has 5 heteroatoms.